The first kappa shape index (κ1) is 14.1. The predicted molar refractivity (Wildman–Crippen MR) is 73.5 cm³/mol. The molecule has 20 heavy (non-hydrogen) atoms. The molecule has 3 N–H and O–H groups in total. The van der Waals surface area contributed by atoms with E-state index in [9.17, 15) is 4.79 Å². The summed E-state index contributed by atoms with van der Waals surface area (Å²) in [4.78, 5) is 18.3. The smallest absolute Gasteiger partial charge is 0.356 e. The maximum absolute atomic E-state index is 11.8. The van der Waals surface area contributed by atoms with Crippen molar-refractivity contribution in [3.8, 4) is 5.75 Å². The molecule has 6 nitrogen and oxygen atoms in total. The summed E-state index contributed by atoms with van der Waals surface area (Å²) < 4.78 is 10.4. The molecule has 0 spiro atoms. The van der Waals surface area contributed by atoms with Crippen LogP contribution in [-0.2, 0) is 11.2 Å². The number of nitrogens with two attached hydrogens (primary N) is 1. The van der Waals surface area contributed by atoms with Crippen molar-refractivity contribution in [3.63, 3.8) is 0 Å². The van der Waals surface area contributed by atoms with Crippen LogP contribution in [0, 0.1) is 0 Å². The zero-order chi connectivity index (χ0) is 14.4. The Balaban J connectivity index is 1.96. The van der Waals surface area contributed by atoms with E-state index in [1.807, 2.05) is 24.3 Å². The van der Waals surface area contributed by atoms with Crippen molar-refractivity contribution in [1.29, 1.82) is 0 Å². The average Bonchev–Trinajstić information content (AvgIpc) is 3.01. The number of hydrogen-bond donors (Lipinski definition) is 2. The first-order valence-electron chi connectivity index (χ1n) is 6.25. The summed E-state index contributed by atoms with van der Waals surface area (Å²) in [7, 11) is 1.61. The minimum Gasteiger partial charge on any atom is -0.497 e. The van der Waals surface area contributed by atoms with E-state index in [0.29, 0.717) is 12.1 Å². The van der Waals surface area contributed by atoms with Crippen molar-refractivity contribution in [2.75, 3.05) is 13.7 Å². The Labute approximate surface area is 116 Å². The van der Waals surface area contributed by atoms with Gasteiger partial charge >= 0.3 is 5.97 Å². The number of rotatable bonds is 6. The molecule has 0 bridgehead atoms. The molecule has 1 aromatic heterocycles. The highest BCUT2D eigenvalue weighted by Gasteiger charge is 2.16. The van der Waals surface area contributed by atoms with Crippen LogP contribution in [0.4, 0.5) is 0 Å². The van der Waals surface area contributed by atoms with E-state index in [0.717, 1.165) is 11.3 Å². The van der Waals surface area contributed by atoms with Crippen molar-refractivity contribution in [2.24, 2.45) is 5.73 Å². The lowest BCUT2D eigenvalue weighted by molar-refractivity contribution is 0.0315. The van der Waals surface area contributed by atoms with Gasteiger partial charge in [0.1, 0.15) is 17.5 Å². The quantitative estimate of drug-likeness (QED) is 0.772. The Hall–Kier alpha value is -2.34. The fraction of sp³-hybridized carbons (Fsp3) is 0.286. The molecule has 6 heteroatoms. The largest absolute Gasteiger partial charge is 0.497 e. The standard InChI is InChI=1S/C14H17N3O3/c1-19-11-4-2-10(3-5-11)6-12(7-15)20-14(18)13-8-16-9-17-13/h2-5,8-9,12H,6-7,15H2,1H3,(H,16,17). The van der Waals surface area contributed by atoms with Gasteiger partial charge in [-0.15, -0.1) is 0 Å². The molecule has 0 radical (unpaired) electrons. The van der Waals surface area contributed by atoms with Crippen LogP contribution < -0.4 is 10.5 Å². The number of imidazole rings is 1. The molecular formula is C14H17N3O3. The van der Waals surface area contributed by atoms with Crippen LogP contribution in [0.15, 0.2) is 36.8 Å². The van der Waals surface area contributed by atoms with E-state index >= 15 is 0 Å². The SMILES string of the molecule is COc1ccc(CC(CN)OC(=O)c2cnc[nH]2)cc1. The molecule has 106 valence electrons. The maximum atomic E-state index is 11.8. The molecule has 0 amide bonds. The Bertz CT molecular complexity index is 537. The van der Waals surface area contributed by atoms with E-state index in [4.69, 9.17) is 15.2 Å². The first-order chi connectivity index (χ1) is 9.72. The van der Waals surface area contributed by atoms with Crippen LogP contribution in [-0.4, -0.2) is 35.7 Å². The molecule has 0 aliphatic heterocycles. The van der Waals surface area contributed by atoms with Gasteiger partial charge < -0.3 is 20.2 Å². The van der Waals surface area contributed by atoms with E-state index in [1.54, 1.807) is 7.11 Å². The normalized spacial score (nSPS) is 11.9. The molecule has 2 aromatic rings. The zero-order valence-electron chi connectivity index (χ0n) is 11.2. The second-order valence-electron chi connectivity index (χ2n) is 4.28. The Morgan fingerprint density at radius 1 is 1.40 bits per heavy atom. The lowest BCUT2D eigenvalue weighted by atomic mass is 10.1. The number of H-pyrrole nitrogens is 1. The number of esters is 1. The lowest BCUT2D eigenvalue weighted by Crippen LogP contribution is -2.29. The third kappa shape index (κ3) is 3.58. The van der Waals surface area contributed by atoms with Gasteiger partial charge in [-0.3, -0.25) is 0 Å². The number of benzene rings is 1. The molecule has 0 aliphatic rings. The average molecular weight is 275 g/mol. The first-order valence-corrected chi connectivity index (χ1v) is 6.25. The van der Waals surface area contributed by atoms with Crippen LogP contribution in [0.25, 0.3) is 0 Å². The van der Waals surface area contributed by atoms with Crippen LogP contribution in [0.1, 0.15) is 16.1 Å². The van der Waals surface area contributed by atoms with Crippen molar-refractivity contribution in [3.05, 3.63) is 48.0 Å². The molecular weight excluding hydrogens is 258 g/mol. The minimum absolute atomic E-state index is 0.256. The predicted octanol–water partition coefficient (Wildman–Crippen LogP) is 1.15. The van der Waals surface area contributed by atoms with E-state index in [2.05, 4.69) is 9.97 Å². The summed E-state index contributed by atoms with van der Waals surface area (Å²) in [6.45, 7) is 0.256. The summed E-state index contributed by atoms with van der Waals surface area (Å²) in [5.41, 5.74) is 6.99. The van der Waals surface area contributed by atoms with Crippen LogP contribution in [0.3, 0.4) is 0 Å². The molecule has 1 unspecified atom stereocenters. The van der Waals surface area contributed by atoms with E-state index in [1.165, 1.54) is 12.5 Å². The van der Waals surface area contributed by atoms with Gasteiger partial charge in [0.2, 0.25) is 0 Å². The number of aromatic nitrogens is 2. The maximum Gasteiger partial charge on any atom is 0.356 e. The third-order valence-corrected chi connectivity index (χ3v) is 2.88. The molecule has 0 aliphatic carbocycles. The van der Waals surface area contributed by atoms with Gasteiger partial charge in [0.15, 0.2) is 0 Å². The number of aromatic amines is 1. The third-order valence-electron chi connectivity index (χ3n) is 2.88. The van der Waals surface area contributed by atoms with Crippen molar-refractivity contribution < 1.29 is 14.3 Å². The topological polar surface area (TPSA) is 90.2 Å². The highest BCUT2D eigenvalue weighted by Crippen LogP contribution is 2.14. The molecule has 1 aromatic carbocycles. The van der Waals surface area contributed by atoms with Gasteiger partial charge in [0.05, 0.1) is 19.6 Å². The lowest BCUT2D eigenvalue weighted by Gasteiger charge is -2.15. The number of nitrogens with zero attached hydrogens (tertiary/aromatic N) is 1. The second-order valence-corrected chi connectivity index (χ2v) is 4.28. The van der Waals surface area contributed by atoms with Gasteiger partial charge in [-0.25, -0.2) is 9.78 Å². The van der Waals surface area contributed by atoms with Crippen LogP contribution in [0.2, 0.25) is 0 Å². The second kappa shape index (κ2) is 6.72. The van der Waals surface area contributed by atoms with Gasteiger partial charge in [-0.05, 0) is 17.7 Å². The molecule has 0 fully saturated rings. The summed E-state index contributed by atoms with van der Waals surface area (Å²) in [6, 6.07) is 7.57. The molecule has 2 rings (SSSR count). The van der Waals surface area contributed by atoms with E-state index in [-0.39, 0.29) is 12.6 Å². The zero-order valence-corrected chi connectivity index (χ0v) is 11.2. The van der Waals surface area contributed by atoms with E-state index < -0.39 is 5.97 Å². The summed E-state index contributed by atoms with van der Waals surface area (Å²) in [6.07, 6.45) is 3.03. The number of carbonyl (C=O) groups is 1. The van der Waals surface area contributed by atoms with Gasteiger partial charge in [-0.1, -0.05) is 12.1 Å². The fourth-order valence-electron chi connectivity index (χ4n) is 1.78. The Kier molecular flexibility index (Phi) is 4.73. The number of hydrogen-bond acceptors (Lipinski definition) is 5. The van der Waals surface area contributed by atoms with Gasteiger partial charge in [-0.2, -0.15) is 0 Å². The van der Waals surface area contributed by atoms with Crippen molar-refractivity contribution in [1.82, 2.24) is 9.97 Å². The molecule has 1 atom stereocenters. The number of ether oxygens (including phenoxy) is 2. The highest BCUT2D eigenvalue weighted by atomic mass is 16.5. The van der Waals surface area contributed by atoms with Crippen LogP contribution >= 0.6 is 0 Å². The monoisotopic (exact) mass is 275 g/mol. The highest BCUT2D eigenvalue weighted by molar-refractivity contribution is 5.87. The molecule has 0 saturated carbocycles. The summed E-state index contributed by atoms with van der Waals surface area (Å²) in [5.74, 6) is 0.332. The molecule has 0 saturated heterocycles. The number of methoxy groups -OCH3 is 1. The minimum atomic E-state index is -0.452. The van der Waals surface area contributed by atoms with Crippen molar-refractivity contribution >= 4 is 5.97 Å². The van der Waals surface area contributed by atoms with Gasteiger partial charge in [0, 0.05) is 13.0 Å². The van der Waals surface area contributed by atoms with Gasteiger partial charge in [0.25, 0.3) is 0 Å². The summed E-state index contributed by atoms with van der Waals surface area (Å²) >= 11 is 0. The van der Waals surface area contributed by atoms with Crippen molar-refractivity contribution in [2.45, 2.75) is 12.5 Å². The number of nitrogens with one attached hydrogen (secondary N) is 1. The number of carbonyl (C=O) groups excluding carboxylic acids is 1. The Morgan fingerprint density at radius 3 is 2.70 bits per heavy atom. The summed E-state index contributed by atoms with van der Waals surface area (Å²) in [5, 5.41) is 0. The Morgan fingerprint density at radius 2 is 2.15 bits per heavy atom. The van der Waals surface area contributed by atoms with Crippen LogP contribution in [0.5, 0.6) is 5.75 Å². The molecule has 1 heterocycles. The fourth-order valence-corrected chi connectivity index (χ4v) is 1.78.